The predicted molar refractivity (Wildman–Crippen MR) is 77.7 cm³/mol. The smallest absolute Gasteiger partial charge is 0.315 e. The Morgan fingerprint density at radius 1 is 1.30 bits per heavy atom. The van der Waals surface area contributed by atoms with Gasteiger partial charge in [0.25, 0.3) is 0 Å². The van der Waals surface area contributed by atoms with Gasteiger partial charge in [-0.05, 0) is 30.7 Å². The number of hydrogen-bond donors (Lipinski definition) is 3. The number of aliphatic hydroxyl groups is 1. The topological polar surface area (TPSA) is 74.5 Å². The van der Waals surface area contributed by atoms with Crippen LogP contribution < -0.4 is 10.6 Å². The third-order valence-electron chi connectivity index (χ3n) is 3.81. The van der Waals surface area contributed by atoms with E-state index in [9.17, 15) is 18.7 Å². The molecule has 3 rings (SSSR count). The average molecular weight is 322 g/mol. The van der Waals surface area contributed by atoms with Crippen LogP contribution >= 0.6 is 0 Å². The Kier molecular flexibility index (Phi) is 4.29. The number of carbonyl (C=O) groups excluding carboxylic acids is 1. The molecule has 0 bridgehead atoms. The van der Waals surface area contributed by atoms with Crippen LogP contribution in [0.4, 0.5) is 13.6 Å². The summed E-state index contributed by atoms with van der Waals surface area (Å²) in [6.45, 7) is -0.0230. The fourth-order valence-corrected chi connectivity index (χ4v) is 2.53. The van der Waals surface area contributed by atoms with Crippen molar-refractivity contribution in [2.75, 3.05) is 6.54 Å². The van der Waals surface area contributed by atoms with Gasteiger partial charge >= 0.3 is 6.03 Å². The lowest BCUT2D eigenvalue weighted by atomic mass is 10.1. The molecule has 122 valence electrons. The van der Waals surface area contributed by atoms with Gasteiger partial charge in [0.05, 0.1) is 12.8 Å². The molecule has 1 heterocycles. The van der Waals surface area contributed by atoms with Crippen molar-refractivity contribution in [3.63, 3.8) is 0 Å². The molecule has 3 atom stereocenters. The van der Waals surface area contributed by atoms with Crippen LogP contribution in [0.1, 0.15) is 29.8 Å². The van der Waals surface area contributed by atoms with Crippen LogP contribution in [0.3, 0.4) is 0 Å². The number of nitrogens with one attached hydrogen (secondary N) is 2. The molecule has 0 saturated heterocycles. The largest absolute Gasteiger partial charge is 0.467 e. The molecule has 0 radical (unpaired) electrons. The van der Waals surface area contributed by atoms with Gasteiger partial charge < -0.3 is 20.2 Å². The number of urea groups is 1. The summed E-state index contributed by atoms with van der Waals surface area (Å²) in [5.41, 5.74) is 0.00780. The minimum Gasteiger partial charge on any atom is -0.467 e. The van der Waals surface area contributed by atoms with Crippen molar-refractivity contribution in [2.45, 2.75) is 24.5 Å². The van der Waals surface area contributed by atoms with E-state index in [1.165, 1.54) is 24.5 Å². The van der Waals surface area contributed by atoms with Crippen molar-refractivity contribution in [3.05, 3.63) is 59.6 Å². The second-order valence-corrected chi connectivity index (χ2v) is 5.47. The third kappa shape index (κ3) is 3.50. The Hall–Kier alpha value is -2.41. The molecule has 2 aromatic rings. The molecule has 1 aromatic carbocycles. The molecule has 3 N–H and O–H groups in total. The Labute approximate surface area is 131 Å². The summed E-state index contributed by atoms with van der Waals surface area (Å²) in [4.78, 5) is 11.8. The zero-order chi connectivity index (χ0) is 16.4. The van der Waals surface area contributed by atoms with Crippen molar-refractivity contribution < 1.29 is 23.1 Å². The Bertz CT molecular complexity index is 670. The first-order valence-electron chi connectivity index (χ1n) is 7.26. The van der Waals surface area contributed by atoms with Gasteiger partial charge in [-0.1, -0.05) is 6.07 Å². The lowest BCUT2D eigenvalue weighted by Gasteiger charge is -2.11. The van der Waals surface area contributed by atoms with E-state index >= 15 is 0 Å². The van der Waals surface area contributed by atoms with Crippen LogP contribution in [-0.4, -0.2) is 23.7 Å². The van der Waals surface area contributed by atoms with Crippen LogP contribution in [-0.2, 0) is 0 Å². The van der Waals surface area contributed by atoms with Gasteiger partial charge in [-0.15, -0.1) is 0 Å². The third-order valence-corrected chi connectivity index (χ3v) is 3.81. The standard InChI is InChI=1S/C16H16F2N2O3/c17-10-3-1-4-11(18)15(10)9-7-12(9)20-16(22)19-8-13(21)14-5-2-6-23-14/h1-6,9,12-13,21H,7-8H2,(H2,19,20,22). The van der Waals surface area contributed by atoms with Crippen LogP contribution in [0.5, 0.6) is 0 Å². The van der Waals surface area contributed by atoms with Crippen molar-refractivity contribution in [1.29, 1.82) is 0 Å². The molecule has 1 aliphatic rings. The highest BCUT2D eigenvalue weighted by atomic mass is 19.1. The summed E-state index contributed by atoms with van der Waals surface area (Å²) in [6.07, 6.45) is 0.956. The minimum atomic E-state index is -0.949. The average Bonchev–Trinajstić information content (AvgIpc) is 3.02. The number of furan rings is 1. The first-order valence-corrected chi connectivity index (χ1v) is 7.26. The van der Waals surface area contributed by atoms with Crippen LogP contribution in [0.2, 0.25) is 0 Å². The molecule has 23 heavy (non-hydrogen) atoms. The zero-order valence-corrected chi connectivity index (χ0v) is 12.1. The highest BCUT2D eigenvalue weighted by Gasteiger charge is 2.42. The number of rotatable bonds is 5. The summed E-state index contributed by atoms with van der Waals surface area (Å²) in [5, 5.41) is 14.9. The second-order valence-electron chi connectivity index (χ2n) is 5.47. The lowest BCUT2D eigenvalue weighted by Crippen LogP contribution is -2.39. The normalized spacial score (nSPS) is 20.8. The van der Waals surface area contributed by atoms with Gasteiger partial charge in [-0.25, -0.2) is 13.6 Å². The number of benzene rings is 1. The molecule has 0 aliphatic heterocycles. The number of hydrogen-bond acceptors (Lipinski definition) is 3. The SMILES string of the molecule is O=C(NCC(O)c1ccco1)NC1CC1c1c(F)cccc1F. The number of amides is 2. The molecular formula is C16H16F2N2O3. The number of aliphatic hydroxyl groups excluding tert-OH is 1. The Balaban J connectivity index is 1.49. The summed E-state index contributed by atoms with van der Waals surface area (Å²) >= 11 is 0. The van der Waals surface area contributed by atoms with E-state index < -0.39 is 23.8 Å². The maximum atomic E-state index is 13.7. The van der Waals surface area contributed by atoms with Crippen molar-refractivity contribution in [2.24, 2.45) is 0 Å². The lowest BCUT2D eigenvalue weighted by molar-refractivity contribution is 0.148. The molecular weight excluding hydrogens is 306 g/mol. The molecule has 1 aliphatic carbocycles. The Morgan fingerprint density at radius 3 is 2.70 bits per heavy atom. The van der Waals surface area contributed by atoms with Crippen molar-refractivity contribution >= 4 is 6.03 Å². The van der Waals surface area contributed by atoms with Gasteiger partial charge in [0, 0.05) is 17.5 Å². The summed E-state index contributed by atoms with van der Waals surface area (Å²) in [6, 6.07) is 6.13. The van der Waals surface area contributed by atoms with Crippen LogP contribution in [0, 0.1) is 11.6 Å². The fraction of sp³-hybridized carbons (Fsp3) is 0.312. The van der Waals surface area contributed by atoms with Crippen LogP contribution in [0.15, 0.2) is 41.0 Å². The van der Waals surface area contributed by atoms with E-state index in [1.54, 1.807) is 12.1 Å². The second kappa shape index (κ2) is 6.37. The Morgan fingerprint density at radius 2 is 2.04 bits per heavy atom. The molecule has 7 heteroatoms. The molecule has 0 spiro atoms. The first kappa shape index (κ1) is 15.5. The summed E-state index contributed by atoms with van der Waals surface area (Å²) < 4.78 is 32.3. The fourth-order valence-electron chi connectivity index (χ4n) is 2.53. The first-order chi connectivity index (χ1) is 11.1. The highest BCUT2D eigenvalue weighted by molar-refractivity contribution is 5.75. The van der Waals surface area contributed by atoms with Crippen LogP contribution in [0.25, 0.3) is 0 Å². The van der Waals surface area contributed by atoms with E-state index in [1.807, 2.05) is 0 Å². The van der Waals surface area contributed by atoms with Crippen molar-refractivity contribution in [3.8, 4) is 0 Å². The minimum absolute atomic E-state index is 0.00780. The number of carbonyl (C=O) groups is 1. The molecule has 5 nitrogen and oxygen atoms in total. The molecule has 1 aromatic heterocycles. The quantitative estimate of drug-likeness (QED) is 0.791. The molecule has 1 fully saturated rings. The van der Waals surface area contributed by atoms with Gasteiger partial charge in [0.2, 0.25) is 0 Å². The zero-order valence-electron chi connectivity index (χ0n) is 12.1. The maximum absolute atomic E-state index is 13.7. The van der Waals surface area contributed by atoms with Gasteiger partial charge in [-0.3, -0.25) is 0 Å². The maximum Gasteiger partial charge on any atom is 0.315 e. The molecule has 1 saturated carbocycles. The van der Waals surface area contributed by atoms with E-state index in [-0.39, 0.29) is 24.1 Å². The van der Waals surface area contributed by atoms with Gasteiger partial charge in [0.1, 0.15) is 23.5 Å². The molecule has 2 amide bonds. The molecule has 3 unspecified atom stereocenters. The van der Waals surface area contributed by atoms with Crippen molar-refractivity contribution in [1.82, 2.24) is 10.6 Å². The van der Waals surface area contributed by atoms with E-state index in [0.29, 0.717) is 12.2 Å². The summed E-state index contributed by atoms with van der Waals surface area (Å²) in [7, 11) is 0. The van der Waals surface area contributed by atoms with Gasteiger partial charge in [-0.2, -0.15) is 0 Å². The summed E-state index contributed by atoms with van der Waals surface area (Å²) in [5.74, 6) is -1.22. The van der Waals surface area contributed by atoms with E-state index in [2.05, 4.69) is 10.6 Å². The predicted octanol–water partition coefficient (Wildman–Crippen LogP) is 2.45. The monoisotopic (exact) mass is 322 g/mol. The highest BCUT2D eigenvalue weighted by Crippen LogP contribution is 2.42. The number of halogens is 2. The van der Waals surface area contributed by atoms with E-state index in [4.69, 9.17) is 4.42 Å². The van der Waals surface area contributed by atoms with Gasteiger partial charge in [0.15, 0.2) is 0 Å². The van der Waals surface area contributed by atoms with E-state index in [0.717, 1.165) is 0 Å².